The summed E-state index contributed by atoms with van der Waals surface area (Å²) in [5.74, 6) is -1.17. The number of benzene rings is 3. The molecule has 0 spiro atoms. The van der Waals surface area contributed by atoms with Crippen LogP contribution in [0.15, 0.2) is 95.5 Å². The zero-order valence-corrected chi connectivity index (χ0v) is 18.2. The van der Waals surface area contributed by atoms with E-state index in [1.54, 1.807) is 67.6 Å². The smallest absolute Gasteiger partial charge is 0.315 e. The number of hydrogen-bond donors (Lipinski definition) is 0. The molecule has 0 atom stereocenters. The van der Waals surface area contributed by atoms with E-state index in [1.165, 1.54) is 6.07 Å². The quantitative estimate of drug-likeness (QED) is 0.421. The lowest BCUT2D eigenvalue weighted by molar-refractivity contribution is -0.136. The molecule has 0 aliphatic carbocycles. The SMILES string of the molecule is CCN1C(C(=O)c2ccccc2)=C(OC(=O)Cc2ccccc2)c2ccccc2S1(=O)=O. The standard InChI is InChI=1S/C25H21NO5S/c1-2-26-23(24(28)19-13-7-4-8-14-19)25(20-15-9-10-16-21(20)32(26,29)30)31-22(27)17-18-11-5-3-6-12-18/h3-16H,2,17H2,1H3. The van der Waals surface area contributed by atoms with Crippen molar-refractivity contribution in [3.63, 3.8) is 0 Å². The Balaban J connectivity index is 1.87. The van der Waals surface area contributed by atoms with Crippen LogP contribution in [-0.4, -0.2) is 31.0 Å². The first-order valence-electron chi connectivity index (χ1n) is 10.1. The summed E-state index contributed by atoms with van der Waals surface area (Å²) in [5.41, 5.74) is 1.07. The summed E-state index contributed by atoms with van der Waals surface area (Å²) in [4.78, 5) is 26.3. The van der Waals surface area contributed by atoms with Gasteiger partial charge in [0.2, 0.25) is 5.78 Å². The van der Waals surface area contributed by atoms with E-state index in [0.717, 1.165) is 9.87 Å². The molecule has 0 bridgehead atoms. The van der Waals surface area contributed by atoms with Gasteiger partial charge in [0.1, 0.15) is 5.70 Å². The first kappa shape index (κ1) is 21.5. The molecule has 3 aromatic carbocycles. The number of fused-ring (bicyclic) bond motifs is 1. The first-order chi connectivity index (χ1) is 15.4. The Morgan fingerprint density at radius 2 is 1.44 bits per heavy atom. The highest BCUT2D eigenvalue weighted by Crippen LogP contribution is 2.38. The maximum atomic E-state index is 13.5. The van der Waals surface area contributed by atoms with Crippen molar-refractivity contribution in [2.24, 2.45) is 0 Å². The fourth-order valence-corrected chi connectivity index (χ4v) is 5.32. The summed E-state index contributed by atoms with van der Waals surface area (Å²) in [7, 11) is -4.00. The predicted octanol–water partition coefficient (Wildman–Crippen LogP) is 4.05. The summed E-state index contributed by atoms with van der Waals surface area (Å²) in [6, 6.07) is 23.6. The number of ether oxygens (including phenoxy) is 1. The number of nitrogens with zero attached hydrogens (tertiary/aromatic N) is 1. The number of rotatable bonds is 6. The van der Waals surface area contributed by atoms with Crippen molar-refractivity contribution in [2.45, 2.75) is 18.2 Å². The Hall–Kier alpha value is -3.71. The minimum absolute atomic E-state index is 0.00428. The number of esters is 1. The summed E-state index contributed by atoms with van der Waals surface area (Å²) in [5, 5.41) is 0. The molecule has 6 nitrogen and oxygen atoms in total. The molecular formula is C25H21NO5S. The maximum absolute atomic E-state index is 13.5. The van der Waals surface area contributed by atoms with Gasteiger partial charge in [-0.3, -0.25) is 13.9 Å². The van der Waals surface area contributed by atoms with E-state index >= 15 is 0 Å². The van der Waals surface area contributed by atoms with Crippen molar-refractivity contribution < 1.29 is 22.7 Å². The molecule has 0 unspecified atom stereocenters. The molecule has 1 heterocycles. The van der Waals surface area contributed by atoms with E-state index in [2.05, 4.69) is 0 Å². The molecule has 32 heavy (non-hydrogen) atoms. The molecular weight excluding hydrogens is 426 g/mol. The number of Topliss-reactive ketones (excluding diaryl/α,β-unsaturated/α-hetero) is 1. The van der Waals surface area contributed by atoms with Crippen molar-refractivity contribution in [1.29, 1.82) is 0 Å². The monoisotopic (exact) mass is 447 g/mol. The van der Waals surface area contributed by atoms with Gasteiger partial charge in [-0.1, -0.05) is 72.8 Å². The van der Waals surface area contributed by atoms with Crippen molar-refractivity contribution in [1.82, 2.24) is 4.31 Å². The van der Waals surface area contributed by atoms with E-state index in [9.17, 15) is 18.0 Å². The second-order valence-corrected chi connectivity index (χ2v) is 9.01. The highest BCUT2D eigenvalue weighted by atomic mass is 32.2. The van der Waals surface area contributed by atoms with Crippen molar-refractivity contribution in [3.05, 3.63) is 107 Å². The topological polar surface area (TPSA) is 80.8 Å². The van der Waals surface area contributed by atoms with Gasteiger partial charge in [0, 0.05) is 17.7 Å². The Morgan fingerprint density at radius 3 is 2.09 bits per heavy atom. The Labute approximate surface area is 186 Å². The van der Waals surface area contributed by atoms with Crippen LogP contribution in [0, 0.1) is 0 Å². The predicted molar refractivity (Wildman–Crippen MR) is 120 cm³/mol. The maximum Gasteiger partial charge on any atom is 0.315 e. The summed E-state index contributed by atoms with van der Waals surface area (Å²) in [6.07, 6.45) is -0.0157. The minimum Gasteiger partial charge on any atom is -0.423 e. The number of sulfonamides is 1. The van der Waals surface area contributed by atoms with Gasteiger partial charge in [-0.2, -0.15) is 0 Å². The van der Waals surface area contributed by atoms with Crippen LogP contribution in [0.4, 0.5) is 0 Å². The fourth-order valence-electron chi connectivity index (χ4n) is 3.65. The molecule has 1 aliphatic rings. The second-order valence-electron chi connectivity index (χ2n) is 7.18. The van der Waals surface area contributed by atoms with E-state index in [-0.39, 0.29) is 34.9 Å². The van der Waals surface area contributed by atoms with Gasteiger partial charge in [-0.05, 0) is 24.6 Å². The molecule has 7 heteroatoms. The number of allylic oxidation sites excluding steroid dienone is 1. The third-order valence-electron chi connectivity index (χ3n) is 5.11. The number of hydrogen-bond acceptors (Lipinski definition) is 5. The number of carbonyl (C=O) groups excluding carboxylic acids is 2. The Bertz CT molecular complexity index is 1300. The van der Waals surface area contributed by atoms with E-state index in [0.29, 0.717) is 5.56 Å². The van der Waals surface area contributed by atoms with Crippen molar-refractivity contribution in [3.8, 4) is 0 Å². The lowest BCUT2D eigenvalue weighted by Gasteiger charge is -2.32. The van der Waals surface area contributed by atoms with Crippen LogP contribution in [0.5, 0.6) is 0 Å². The largest absolute Gasteiger partial charge is 0.423 e. The first-order valence-corrected chi connectivity index (χ1v) is 11.6. The molecule has 0 N–H and O–H groups in total. The fraction of sp³-hybridized carbons (Fsp3) is 0.120. The van der Waals surface area contributed by atoms with Crippen LogP contribution >= 0.6 is 0 Å². The Kier molecular flexibility index (Phi) is 5.92. The molecule has 0 saturated heterocycles. The number of ketones is 1. The highest BCUT2D eigenvalue weighted by molar-refractivity contribution is 7.89. The summed E-state index contributed by atoms with van der Waals surface area (Å²) >= 11 is 0. The van der Waals surface area contributed by atoms with Crippen LogP contribution in [-0.2, 0) is 26.0 Å². The van der Waals surface area contributed by atoms with Crippen molar-refractivity contribution in [2.75, 3.05) is 6.54 Å². The number of carbonyl (C=O) groups is 2. The van der Waals surface area contributed by atoms with Crippen molar-refractivity contribution >= 4 is 27.5 Å². The van der Waals surface area contributed by atoms with Gasteiger partial charge in [0.15, 0.2) is 5.76 Å². The summed E-state index contributed by atoms with van der Waals surface area (Å²) in [6.45, 7) is 1.64. The van der Waals surface area contributed by atoms with Crippen LogP contribution in [0.1, 0.15) is 28.4 Å². The molecule has 1 aliphatic heterocycles. The van der Waals surface area contributed by atoms with Gasteiger partial charge in [0.25, 0.3) is 10.0 Å². The lowest BCUT2D eigenvalue weighted by Crippen LogP contribution is -2.38. The zero-order chi connectivity index (χ0) is 22.7. The number of likely N-dealkylation sites (N-methyl/N-ethyl adjacent to an activating group) is 1. The van der Waals surface area contributed by atoms with Crippen LogP contribution < -0.4 is 0 Å². The minimum atomic E-state index is -4.00. The van der Waals surface area contributed by atoms with Gasteiger partial charge in [-0.25, -0.2) is 8.42 Å². The van der Waals surface area contributed by atoms with Crippen LogP contribution in [0.3, 0.4) is 0 Å². The second kappa shape index (κ2) is 8.80. The molecule has 0 aromatic heterocycles. The van der Waals surface area contributed by atoms with Gasteiger partial charge < -0.3 is 4.74 Å². The lowest BCUT2D eigenvalue weighted by atomic mass is 10.0. The zero-order valence-electron chi connectivity index (χ0n) is 17.4. The van der Waals surface area contributed by atoms with E-state index < -0.39 is 21.8 Å². The van der Waals surface area contributed by atoms with Crippen LogP contribution in [0.25, 0.3) is 5.76 Å². The van der Waals surface area contributed by atoms with E-state index in [1.807, 2.05) is 18.2 Å². The summed E-state index contributed by atoms with van der Waals surface area (Å²) < 4.78 is 33.3. The normalized spacial score (nSPS) is 14.6. The molecule has 4 rings (SSSR count). The van der Waals surface area contributed by atoms with Gasteiger partial charge in [-0.15, -0.1) is 0 Å². The Morgan fingerprint density at radius 1 is 0.844 bits per heavy atom. The highest BCUT2D eigenvalue weighted by Gasteiger charge is 2.40. The third kappa shape index (κ3) is 3.94. The van der Waals surface area contributed by atoms with Gasteiger partial charge >= 0.3 is 5.97 Å². The van der Waals surface area contributed by atoms with Gasteiger partial charge in [0.05, 0.1) is 11.3 Å². The molecule has 162 valence electrons. The van der Waals surface area contributed by atoms with E-state index in [4.69, 9.17) is 4.74 Å². The molecule has 0 fully saturated rings. The molecule has 0 radical (unpaired) electrons. The molecule has 3 aromatic rings. The third-order valence-corrected chi connectivity index (χ3v) is 7.04. The van der Waals surface area contributed by atoms with Crippen LogP contribution in [0.2, 0.25) is 0 Å². The molecule has 0 saturated carbocycles. The average Bonchev–Trinajstić information content (AvgIpc) is 2.81. The average molecular weight is 448 g/mol. The molecule has 0 amide bonds.